The highest BCUT2D eigenvalue weighted by Gasteiger charge is 2.28. The fraction of sp³-hybridized carbons (Fsp3) is 0.476. The first-order valence-electron chi connectivity index (χ1n) is 9.58. The van der Waals surface area contributed by atoms with Crippen LogP contribution in [0, 0.1) is 11.7 Å². The number of carbonyl (C=O) groups excluding carboxylic acids is 1. The van der Waals surface area contributed by atoms with Crippen LogP contribution in [0.4, 0.5) is 4.39 Å². The number of rotatable bonds is 6. The van der Waals surface area contributed by atoms with Gasteiger partial charge in [0.2, 0.25) is 5.91 Å². The van der Waals surface area contributed by atoms with Crippen LogP contribution >= 0.6 is 0 Å². The Hall–Kier alpha value is -2.34. The van der Waals surface area contributed by atoms with Gasteiger partial charge in [0.1, 0.15) is 5.82 Å². The standard InChI is InChI=1S/C21H27FN4O/c1-16(2)21(17-6-4-3-5-7-17)26-12-10-25(11-13-26)20(27)9-8-19-23-14-18(22)15-24-19/h3-7,14-16,21H,8-13H2,1-2H3. The summed E-state index contributed by atoms with van der Waals surface area (Å²) in [5, 5.41) is 0. The molecule has 1 amide bonds. The van der Waals surface area contributed by atoms with Crippen LogP contribution in [0.25, 0.3) is 0 Å². The maximum absolute atomic E-state index is 12.9. The lowest BCUT2D eigenvalue weighted by molar-refractivity contribution is -0.133. The van der Waals surface area contributed by atoms with E-state index in [1.807, 2.05) is 11.0 Å². The van der Waals surface area contributed by atoms with Gasteiger partial charge in [0.05, 0.1) is 12.4 Å². The second-order valence-corrected chi connectivity index (χ2v) is 7.33. The van der Waals surface area contributed by atoms with Crippen LogP contribution < -0.4 is 0 Å². The van der Waals surface area contributed by atoms with Gasteiger partial charge in [-0.2, -0.15) is 0 Å². The third-order valence-electron chi connectivity index (χ3n) is 5.07. The number of nitrogens with zero attached hydrogens (tertiary/aromatic N) is 4. The third kappa shape index (κ3) is 5.10. The summed E-state index contributed by atoms with van der Waals surface area (Å²) in [5.74, 6) is 0.667. The summed E-state index contributed by atoms with van der Waals surface area (Å²) in [5.41, 5.74) is 1.33. The Kier molecular flexibility index (Phi) is 6.50. The van der Waals surface area contributed by atoms with Crippen molar-refractivity contribution in [2.75, 3.05) is 26.2 Å². The van der Waals surface area contributed by atoms with E-state index in [0.29, 0.717) is 30.6 Å². The van der Waals surface area contributed by atoms with E-state index >= 15 is 0 Å². The fourth-order valence-corrected chi connectivity index (χ4v) is 3.76. The predicted molar refractivity (Wildman–Crippen MR) is 102 cm³/mol. The molecule has 0 bridgehead atoms. The zero-order chi connectivity index (χ0) is 19.2. The average molecular weight is 370 g/mol. The molecule has 2 heterocycles. The van der Waals surface area contributed by atoms with Gasteiger partial charge in [-0.05, 0) is 11.5 Å². The predicted octanol–water partition coefficient (Wildman–Crippen LogP) is 3.09. The minimum Gasteiger partial charge on any atom is -0.340 e. The van der Waals surface area contributed by atoms with E-state index in [0.717, 1.165) is 38.6 Å². The Balaban J connectivity index is 1.53. The average Bonchev–Trinajstić information content (AvgIpc) is 2.68. The van der Waals surface area contributed by atoms with Crippen molar-refractivity contribution < 1.29 is 9.18 Å². The normalized spacial score (nSPS) is 16.5. The van der Waals surface area contributed by atoms with Gasteiger partial charge in [0, 0.05) is 45.1 Å². The van der Waals surface area contributed by atoms with Crippen molar-refractivity contribution >= 4 is 5.91 Å². The Labute approximate surface area is 160 Å². The lowest BCUT2D eigenvalue weighted by Gasteiger charge is -2.41. The molecule has 0 N–H and O–H groups in total. The van der Waals surface area contributed by atoms with Crippen LogP contribution in [-0.2, 0) is 11.2 Å². The van der Waals surface area contributed by atoms with Crippen molar-refractivity contribution in [1.82, 2.24) is 19.8 Å². The van der Waals surface area contributed by atoms with Crippen LogP contribution in [0.2, 0.25) is 0 Å². The molecular formula is C21H27FN4O. The number of halogens is 1. The largest absolute Gasteiger partial charge is 0.340 e. The first-order valence-corrected chi connectivity index (χ1v) is 9.58. The molecule has 1 aromatic heterocycles. The molecule has 3 rings (SSSR count). The molecule has 0 radical (unpaired) electrons. The maximum atomic E-state index is 12.9. The number of aromatic nitrogens is 2. The summed E-state index contributed by atoms with van der Waals surface area (Å²) in [6, 6.07) is 11.0. The molecule has 1 aliphatic heterocycles. The van der Waals surface area contributed by atoms with Crippen LogP contribution in [0.1, 0.15) is 37.7 Å². The number of aryl methyl sites for hydroxylation is 1. The van der Waals surface area contributed by atoms with E-state index in [2.05, 4.69) is 53.0 Å². The van der Waals surface area contributed by atoms with E-state index in [1.54, 1.807) is 0 Å². The topological polar surface area (TPSA) is 49.3 Å². The van der Waals surface area contributed by atoms with E-state index < -0.39 is 5.82 Å². The summed E-state index contributed by atoms with van der Waals surface area (Å²) in [6.07, 6.45) is 3.08. The van der Waals surface area contributed by atoms with Crippen molar-refractivity contribution in [3.63, 3.8) is 0 Å². The molecule has 27 heavy (non-hydrogen) atoms. The molecule has 1 aromatic carbocycles. The zero-order valence-electron chi connectivity index (χ0n) is 16.0. The van der Waals surface area contributed by atoms with Gasteiger partial charge < -0.3 is 4.90 Å². The van der Waals surface area contributed by atoms with E-state index in [-0.39, 0.29) is 5.91 Å². The quantitative estimate of drug-likeness (QED) is 0.784. The Morgan fingerprint density at radius 2 is 1.70 bits per heavy atom. The molecule has 6 heteroatoms. The molecule has 1 unspecified atom stereocenters. The lowest BCUT2D eigenvalue weighted by Crippen LogP contribution is -2.50. The third-order valence-corrected chi connectivity index (χ3v) is 5.07. The number of hydrogen-bond donors (Lipinski definition) is 0. The number of hydrogen-bond acceptors (Lipinski definition) is 4. The molecule has 1 aliphatic rings. The first kappa shape index (κ1) is 19.4. The van der Waals surface area contributed by atoms with Gasteiger partial charge in [-0.15, -0.1) is 0 Å². The summed E-state index contributed by atoms with van der Waals surface area (Å²) in [7, 11) is 0. The number of amides is 1. The summed E-state index contributed by atoms with van der Waals surface area (Å²) < 4.78 is 12.9. The molecule has 2 aromatic rings. The Morgan fingerprint density at radius 3 is 2.30 bits per heavy atom. The van der Waals surface area contributed by atoms with Gasteiger partial charge in [0.15, 0.2) is 5.82 Å². The molecular weight excluding hydrogens is 343 g/mol. The minimum absolute atomic E-state index is 0.114. The molecule has 1 fully saturated rings. The highest BCUT2D eigenvalue weighted by molar-refractivity contribution is 5.76. The van der Waals surface area contributed by atoms with Crippen molar-refractivity contribution in [2.45, 2.75) is 32.7 Å². The summed E-state index contributed by atoms with van der Waals surface area (Å²) in [4.78, 5) is 24.7. The maximum Gasteiger partial charge on any atom is 0.223 e. The first-order chi connectivity index (χ1) is 13.0. The van der Waals surface area contributed by atoms with Gasteiger partial charge >= 0.3 is 0 Å². The molecule has 1 saturated heterocycles. The van der Waals surface area contributed by atoms with Gasteiger partial charge in [-0.1, -0.05) is 44.2 Å². The summed E-state index contributed by atoms with van der Waals surface area (Å²) in [6.45, 7) is 7.71. The van der Waals surface area contributed by atoms with Crippen molar-refractivity contribution in [2.24, 2.45) is 5.92 Å². The van der Waals surface area contributed by atoms with Gasteiger partial charge in [0.25, 0.3) is 0 Å². The number of carbonyl (C=O) groups is 1. The van der Waals surface area contributed by atoms with Gasteiger partial charge in [-0.3, -0.25) is 9.69 Å². The van der Waals surface area contributed by atoms with Crippen LogP contribution in [0.3, 0.4) is 0 Å². The second kappa shape index (κ2) is 9.04. The lowest BCUT2D eigenvalue weighted by atomic mass is 9.94. The van der Waals surface area contributed by atoms with E-state index in [4.69, 9.17) is 0 Å². The second-order valence-electron chi connectivity index (χ2n) is 7.33. The Morgan fingerprint density at radius 1 is 1.07 bits per heavy atom. The van der Waals surface area contributed by atoms with E-state index in [9.17, 15) is 9.18 Å². The van der Waals surface area contributed by atoms with E-state index in [1.165, 1.54) is 5.56 Å². The SMILES string of the molecule is CC(C)C(c1ccccc1)N1CCN(C(=O)CCc2ncc(F)cn2)CC1. The van der Waals surface area contributed by atoms with Crippen molar-refractivity contribution in [1.29, 1.82) is 0 Å². The molecule has 144 valence electrons. The molecule has 1 atom stereocenters. The van der Waals surface area contributed by atoms with Crippen LogP contribution in [0.15, 0.2) is 42.7 Å². The molecule has 0 spiro atoms. The van der Waals surface area contributed by atoms with Crippen molar-refractivity contribution in [3.05, 3.63) is 59.9 Å². The minimum atomic E-state index is -0.459. The Bertz CT molecular complexity index is 728. The monoisotopic (exact) mass is 370 g/mol. The zero-order valence-corrected chi connectivity index (χ0v) is 16.0. The number of benzene rings is 1. The highest BCUT2D eigenvalue weighted by Crippen LogP contribution is 2.29. The molecule has 0 aliphatic carbocycles. The van der Waals surface area contributed by atoms with Crippen LogP contribution in [0.5, 0.6) is 0 Å². The van der Waals surface area contributed by atoms with Crippen molar-refractivity contribution in [3.8, 4) is 0 Å². The fourth-order valence-electron chi connectivity index (χ4n) is 3.76. The molecule has 5 nitrogen and oxygen atoms in total. The van der Waals surface area contributed by atoms with Gasteiger partial charge in [-0.25, -0.2) is 14.4 Å². The smallest absolute Gasteiger partial charge is 0.223 e. The van der Waals surface area contributed by atoms with Crippen LogP contribution in [-0.4, -0.2) is 51.9 Å². The highest BCUT2D eigenvalue weighted by atomic mass is 19.1. The molecule has 0 saturated carbocycles. The summed E-state index contributed by atoms with van der Waals surface area (Å²) >= 11 is 0. The number of piperazine rings is 1.